The lowest BCUT2D eigenvalue weighted by Gasteiger charge is -2.09. The van der Waals surface area contributed by atoms with Crippen LogP contribution in [-0.2, 0) is 10.0 Å². The van der Waals surface area contributed by atoms with Gasteiger partial charge in [-0.2, -0.15) is 0 Å². The van der Waals surface area contributed by atoms with E-state index < -0.39 is 10.0 Å². The lowest BCUT2D eigenvalue weighted by molar-refractivity contribution is 0.559. The van der Waals surface area contributed by atoms with Crippen molar-refractivity contribution in [2.45, 2.75) is 18.7 Å². The summed E-state index contributed by atoms with van der Waals surface area (Å²) >= 11 is 6.01. The largest absolute Gasteiger partial charge is 0.441 e. The Morgan fingerprint density at radius 3 is 2.64 bits per heavy atom. The van der Waals surface area contributed by atoms with Crippen molar-refractivity contribution in [3.8, 4) is 0 Å². The molecule has 1 N–H and O–H groups in total. The number of aromatic nitrogens is 1. The van der Waals surface area contributed by atoms with Crippen molar-refractivity contribution < 1.29 is 12.8 Å². The van der Waals surface area contributed by atoms with Gasteiger partial charge in [-0.05, 0) is 36.8 Å². The molecule has 1 heterocycles. The summed E-state index contributed by atoms with van der Waals surface area (Å²) in [4.78, 5) is 4.25. The lowest BCUT2D eigenvalue weighted by atomic mass is 10.2. The summed E-state index contributed by atoms with van der Waals surface area (Å²) in [6, 6.07) is 9.54. The van der Waals surface area contributed by atoms with Crippen molar-refractivity contribution in [2.24, 2.45) is 0 Å². The number of hydrogen-bond acceptors (Lipinski definition) is 4. The van der Waals surface area contributed by atoms with Gasteiger partial charge in [0.2, 0.25) is 0 Å². The van der Waals surface area contributed by atoms with E-state index in [0.717, 1.165) is 5.56 Å². The highest BCUT2D eigenvalue weighted by Crippen LogP contribution is 2.24. The number of sulfonamides is 1. The molecule has 1 aromatic heterocycles. The fourth-order valence-electron chi connectivity index (χ4n) is 2.06. The molecule has 0 saturated heterocycles. The first-order chi connectivity index (χ1) is 10.3. The number of oxazole rings is 1. The van der Waals surface area contributed by atoms with Gasteiger partial charge in [0.15, 0.2) is 11.5 Å². The Hall–Kier alpha value is -2.05. The van der Waals surface area contributed by atoms with Crippen LogP contribution in [-0.4, -0.2) is 13.4 Å². The van der Waals surface area contributed by atoms with Gasteiger partial charge in [0.1, 0.15) is 5.52 Å². The molecular formula is C15H13ClN2O3S. The molecule has 7 heteroatoms. The molecule has 0 unspecified atom stereocenters. The quantitative estimate of drug-likeness (QED) is 0.787. The first-order valence-electron chi connectivity index (χ1n) is 6.51. The Labute approximate surface area is 133 Å². The number of hydrogen-bond donors (Lipinski definition) is 1. The summed E-state index contributed by atoms with van der Waals surface area (Å²) in [6.07, 6.45) is 0. The second-order valence-corrected chi connectivity index (χ2v) is 7.02. The van der Waals surface area contributed by atoms with E-state index in [1.54, 1.807) is 31.2 Å². The molecule has 3 aromatic rings. The zero-order chi connectivity index (χ0) is 15.9. The predicted molar refractivity (Wildman–Crippen MR) is 85.7 cm³/mol. The highest BCUT2D eigenvalue weighted by Gasteiger charge is 2.16. The molecule has 0 saturated carbocycles. The Morgan fingerprint density at radius 2 is 1.91 bits per heavy atom. The molecule has 3 rings (SSSR count). The number of nitrogens with one attached hydrogen (secondary N) is 1. The van der Waals surface area contributed by atoms with E-state index in [0.29, 0.717) is 27.7 Å². The zero-order valence-electron chi connectivity index (χ0n) is 11.9. The number of rotatable bonds is 3. The topological polar surface area (TPSA) is 72.2 Å². The third-order valence-corrected chi connectivity index (χ3v) is 4.99. The standard InChI is InChI=1S/C15H13ClN2O3S/c1-9-3-4-11(7-13(9)16)18-22(19,20)12-5-6-14-15(8-12)21-10(2)17-14/h3-8,18H,1-2H3. The summed E-state index contributed by atoms with van der Waals surface area (Å²) in [6.45, 7) is 3.56. The molecule has 114 valence electrons. The second kappa shape index (κ2) is 5.30. The number of benzene rings is 2. The Bertz CT molecular complexity index is 964. The molecule has 0 aliphatic rings. The third kappa shape index (κ3) is 2.80. The van der Waals surface area contributed by atoms with E-state index in [9.17, 15) is 8.42 Å². The molecule has 0 bridgehead atoms. The average molecular weight is 337 g/mol. The molecule has 0 atom stereocenters. The van der Waals surface area contributed by atoms with Crippen LogP contribution in [0.1, 0.15) is 11.5 Å². The minimum absolute atomic E-state index is 0.104. The van der Waals surface area contributed by atoms with Gasteiger partial charge in [-0.3, -0.25) is 4.72 Å². The van der Waals surface area contributed by atoms with E-state index in [1.165, 1.54) is 12.1 Å². The minimum Gasteiger partial charge on any atom is -0.441 e. The molecule has 2 aromatic carbocycles. The molecule has 0 amide bonds. The summed E-state index contributed by atoms with van der Waals surface area (Å²) in [7, 11) is -3.72. The minimum atomic E-state index is -3.72. The number of anilines is 1. The summed E-state index contributed by atoms with van der Waals surface area (Å²) in [5, 5.41) is 0.501. The van der Waals surface area contributed by atoms with Crippen LogP contribution in [0.25, 0.3) is 11.1 Å². The van der Waals surface area contributed by atoms with E-state index in [-0.39, 0.29) is 4.90 Å². The number of fused-ring (bicyclic) bond motifs is 1. The Balaban J connectivity index is 1.98. The monoisotopic (exact) mass is 336 g/mol. The normalized spacial score (nSPS) is 11.8. The fourth-order valence-corrected chi connectivity index (χ4v) is 3.30. The highest BCUT2D eigenvalue weighted by atomic mass is 35.5. The van der Waals surface area contributed by atoms with Crippen molar-refractivity contribution in [3.63, 3.8) is 0 Å². The smallest absolute Gasteiger partial charge is 0.262 e. The van der Waals surface area contributed by atoms with Crippen molar-refractivity contribution in [3.05, 3.63) is 52.9 Å². The van der Waals surface area contributed by atoms with Crippen LogP contribution in [0, 0.1) is 13.8 Å². The number of aryl methyl sites for hydroxylation is 2. The molecule has 0 aliphatic carbocycles. The van der Waals surface area contributed by atoms with Gasteiger partial charge in [0, 0.05) is 18.0 Å². The van der Waals surface area contributed by atoms with Gasteiger partial charge in [-0.1, -0.05) is 17.7 Å². The second-order valence-electron chi connectivity index (χ2n) is 4.93. The van der Waals surface area contributed by atoms with Crippen LogP contribution < -0.4 is 4.72 Å². The number of nitrogens with zero attached hydrogens (tertiary/aromatic N) is 1. The first kappa shape index (κ1) is 14.9. The Morgan fingerprint density at radius 1 is 1.14 bits per heavy atom. The van der Waals surface area contributed by atoms with E-state index in [2.05, 4.69) is 9.71 Å². The molecule has 0 fully saturated rings. The maximum absolute atomic E-state index is 12.4. The zero-order valence-corrected chi connectivity index (χ0v) is 13.5. The molecule has 0 radical (unpaired) electrons. The maximum atomic E-state index is 12.4. The van der Waals surface area contributed by atoms with E-state index in [4.69, 9.17) is 16.0 Å². The molecular weight excluding hydrogens is 324 g/mol. The van der Waals surface area contributed by atoms with Crippen LogP contribution in [0.5, 0.6) is 0 Å². The number of halogens is 1. The molecule has 5 nitrogen and oxygen atoms in total. The Kier molecular flexibility index (Phi) is 3.58. The van der Waals surface area contributed by atoms with Gasteiger partial charge in [-0.25, -0.2) is 13.4 Å². The third-order valence-electron chi connectivity index (χ3n) is 3.20. The summed E-state index contributed by atoms with van der Waals surface area (Å²) in [5.41, 5.74) is 2.34. The van der Waals surface area contributed by atoms with Crippen LogP contribution >= 0.6 is 11.6 Å². The van der Waals surface area contributed by atoms with Crippen LogP contribution in [0.3, 0.4) is 0 Å². The molecule has 22 heavy (non-hydrogen) atoms. The highest BCUT2D eigenvalue weighted by molar-refractivity contribution is 7.92. The first-order valence-corrected chi connectivity index (χ1v) is 8.37. The fraction of sp³-hybridized carbons (Fsp3) is 0.133. The van der Waals surface area contributed by atoms with Crippen molar-refractivity contribution in [1.29, 1.82) is 0 Å². The van der Waals surface area contributed by atoms with Crippen LogP contribution in [0.2, 0.25) is 5.02 Å². The van der Waals surface area contributed by atoms with Gasteiger partial charge in [-0.15, -0.1) is 0 Å². The van der Waals surface area contributed by atoms with Crippen molar-refractivity contribution in [1.82, 2.24) is 4.98 Å². The summed E-state index contributed by atoms with van der Waals surface area (Å²) in [5.74, 6) is 0.489. The predicted octanol–water partition coefficient (Wildman–Crippen LogP) is 3.90. The van der Waals surface area contributed by atoms with E-state index >= 15 is 0 Å². The van der Waals surface area contributed by atoms with Gasteiger partial charge >= 0.3 is 0 Å². The van der Waals surface area contributed by atoms with Crippen LogP contribution in [0.15, 0.2) is 45.7 Å². The maximum Gasteiger partial charge on any atom is 0.262 e. The van der Waals surface area contributed by atoms with Gasteiger partial charge in [0.25, 0.3) is 10.0 Å². The average Bonchev–Trinajstić information content (AvgIpc) is 2.81. The molecule has 0 spiro atoms. The van der Waals surface area contributed by atoms with Crippen molar-refractivity contribution in [2.75, 3.05) is 4.72 Å². The lowest BCUT2D eigenvalue weighted by Crippen LogP contribution is -2.12. The summed E-state index contributed by atoms with van der Waals surface area (Å²) < 4.78 is 32.7. The van der Waals surface area contributed by atoms with Crippen molar-refractivity contribution >= 4 is 38.4 Å². The van der Waals surface area contributed by atoms with Gasteiger partial charge < -0.3 is 4.42 Å². The van der Waals surface area contributed by atoms with E-state index in [1.807, 2.05) is 6.92 Å². The SMILES string of the molecule is Cc1nc2ccc(S(=O)(=O)Nc3ccc(C)c(Cl)c3)cc2o1. The van der Waals surface area contributed by atoms with Crippen LogP contribution in [0.4, 0.5) is 5.69 Å². The van der Waals surface area contributed by atoms with Gasteiger partial charge in [0.05, 0.1) is 10.6 Å². The molecule has 0 aliphatic heterocycles.